The SMILES string of the molecule is Cn1c(=NC(=O)CSCC(=O)N2CCCCC2)sc2cc(Br)ccc21. The van der Waals surface area contributed by atoms with Gasteiger partial charge in [0, 0.05) is 24.6 Å². The highest BCUT2D eigenvalue weighted by Gasteiger charge is 2.16. The Morgan fingerprint density at radius 2 is 2.00 bits per heavy atom. The van der Waals surface area contributed by atoms with Gasteiger partial charge in [-0.1, -0.05) is 27.3 Å². The molecular weight excluding hydrogens is 422 g/mol. The van der Waals surface area contributed by atoms with Crippen LogP contribution < -0.4 is 4.80 Å². The molecule has 0 radical (unpaired) electrons. The first-order valence-electron chi connectivity index (χ1n) is 8.23. The number of likely N-dealkylation sites (tertiary alicyclic amines) is 1. The molecule has 8 heteroatoms. The molecule has 3 rings (SSSR count). The number of carbonyl (C=O) groups is 2. The average molecular weight is 442 g/mol. The first kappa shape index (κ1) is 18.7. The van der Waals surface area contributed by atoms with Crippen molar-refractivity contribution in [1.82, 2.24) is 9.47 Å². The molecule has 0 saturated carbocycles. The van der Waals surface area contributed by atoms with Gasteiger partial charge in [0.2, 0.25) is 5.91 Å². The van der Waals surface area contributed by atoms with Gasteiger partial charge in [-0.05, 0) is 37.5 Å². The van der Waals surface area contributed by atoms with Gasteiger partial charge in [-0.25, -0.2) is 0 Å². The first-order chi connectivity index (χ1) is 12.0. The van der Waals surface area contributed by atoms with Gasteiger partial charge in [0.05, 0.1) is 21.7 Å². The Kier molecular flexibility index (Phi) is 6.35. The number of aromatic nitrogens is 1. The molecule has 0 unspecified atom stereocenters. The smallest absolute Gasteiger partial charge is 0.258 e. The molecule has 2 heterocycles. The Morgan fingerprint density at radius 3 is 2.76 bits per heavy atom. The van der Waals surface area contributed by atoms with E-state index in [9.17, 15) is 9.59 Å². The number of halogens is 1. The van der Waals surface area contributed by atoms with Gasteiger partial charge in [0.1, 0.15) is 0 Å². The summed E-state index contributed by atoms with van der Waals surface area (Å²) in [7, 11) is 1.91. The maximum Gasteiger partial charge on any atom is 0.258 e. The third kappa shape index (κ3) is 4.74. The van der Waals surface area contributed by atoms with E-state index in [1.165, 1.54) is 29.5 Å². The van der Waals surface area contributed by atoms with Gasteiger partial charge in [-0.3, -0.25) is 9.59 Å². The summed E-state index contributed by atoms with van der Waals surface area (Å²) < 4.78 is 4.01. The molecule has 25 heavy (non-hydrogen) atoms. The van der Waals surface area contributed by atoms with Crippen molar-refractivity contribution >= 4 is 61.1 Å². The van der Waals surface area contributed by atoms with E-state index in [0.29, 0.717) is 10.6 Å². The monoisotopic (exact) mass is 441 g/mol. The summed E-state index contributed by atoms with van der Waals surface area (Å²) in [6, 6.07) is 6.00. The van der Waals surface area contributed by atoms with Crippen molar-refractivity contribution in [3.05, 3.63) is 27.5 Å². The second-order valence-electron chi connectivity index (χ2n) is 6.00. The van der Waals surface area contributed by atoms with Gasteiger partial charge in [-0.15, -0.1) is 11.8 Å². The first-order valence-corrected chi connectivity index (χ1v) is 11.0. The van der Waals surface area contributed by atoms with Crippen LogP contribution in [0.25, 0.3) is 10.2 Å². The summed E-state index contributed by atoms with van der Waals surface area (Å²) in [6.07, 6.45) is 3.38. The molecule has 1 fully saturated rings. The summed E-state index contributed by atoms with van der Waals surface area (Å²) >= 11 is 6.30. The molecule has 5 nitrogen and oxygen atoms in total. The van der Waals surface area contributed by atoms with Crippen molar-refractivity contribution in [2.24, 2.45) is 12.0 Å². The lowest BCUT2D eigenvalue weighted by atomic mass is 10.1. The summed E-state index contributed by atoms with van der Waals surface area (Å²) in [5.41, 5.74) is 1.05. The van der Waals surface area contributed by atoms with E-state index in [1.54, 1.807) is 0 Å². The van der Waals surface area contributed by atoms with E-state index in [4.69, 9.17) is 0 Å². The fourth-order valence-electron chi connectivity index (χ4n) is 2.81. The fourth-order valence-corrected chi connectivity index (χ4v) is 5.10. The lowest BCUT2D eigenvalue weighted by molar-refractivity contribution is -0.129. The highest BCUT2D eigenvalue weighted by Crippen LogP contribution is 2.21. The normalized spacial score (nSPS) is 15.8. The van der Waals surface area contributed by atoms with Gasteiger partial charge >= 0.3 is 0 Å². The van der Waals surface area contributed by atoms with Crippen LogP contribution in [0, 0.1) is 0 Å². The van der Waals surface area contributed by atoms with Crippen LogP contribution in [0.4, 0.5) is 0 Å². The zero-order chi connectivity index (χ0) is 17.8. The van der Waals surface area contributed by atoms with E-state index >= 15 is 0 Å². The molecule has 1 aliphatic rings. The molecule has 1 saturated heterocycles. The number of aryl methyl sites for hydroxylation is 1. The van der Waals surface area contributed by atoms with Crippen molar-refractivity contribution in [3.63, 3.8) is 0 Å². The Labute approximate surface area is 163 Å². The largest absolute Gasteiger partial charge is 0.342 e. The number of amides is 2. The number of piperidine rings is 1. The zero-order valence-corrected chi connectivity index (χ0v) is 17.3. The van der Waals surface area contributed by atoms with Crippen LogP contribution in [0.2, 0.25) is 0 Å². The van der Waals surface area contributed by atoms with Crippen LogP contribution in [0.5, 0.6) is 0 Å². The van der Waals surface area contributed by atoms with Gasteiger partial charge in [0.25, 0.3) is 5.91 Å². The predicted octanol–water partition coefficient (Wildman–Crippen LogP) is 3.18. The molecule has 0 aliphatic carbocycles. The Hall–Kier alpha value is -1.12. The second-order valence-corrected chi connectivity index (χ2v) is 8.91. The van der Waals surface area contributed by atoms with E-state index in [2.05, 4.69) is 20.9 Å². The van der Waals surface area contributed by atoms with Crippen LogP contribution in [0.15, 0.2) is 27.7 Å². The molecule has 1 aromatic heterocycles. The molecule has 134 valence electrons. The standard InChI is InChI=1S/C17H20BrN3O2S2/c1-20-13-6-5-12(18)9-14(13)25-17(20)19-15(22)10-24-11-16(23)21-7-3-2-4-8-21/h5-6,9H,2-4,7-8,10-11H2,1H3. The van der Waals surface area contributed by atoms with Crippen molar-refractivity contribution in [2.45, 2.75) is 19.3 Å². The predicted molar refractivity (Wildman–Crippen MR) is 107 cm³/mol. The number of thiazole rings is 1. The average Bonchev–Trinajstić information content (AvgIpc) is 2.90. The summed E-state index contributed by atoms with van der Waals surface area (Å²) in [6.45, 7) is 1.70. The van der Waals surface area contributed by atoms with Crippen molar-refractivity contribution in [1.29, 1.82) is 0 Å². The molecule has 1 aromatic carbocycles. The van der Waals surface area contributed by atoms with Gasteiger partial charge in [-0.2, -0.15) is 4.99 Å². The number of nitrogens with zero attached hydrogens (tertiary/aromatic N) is 3. The number of benzene rings is 1. The van der Waals surface area contributed by atoms with Crippen molar-refractivity contribution in [3.8, 4) is 0 Å². The van der Waals surface area contributed by atoms with Crippen LogP contribution in [-0.2, 0) is 16.6 Å². The molecular formula is C17H20BrN3O2S2. The molecule has 0 atom stereocenters. The summed E-state index contributed by atoms with van der Waals surface area (Å²) in [4.78, 5) is 31.0. The maximum atomic E-state index is 12.1. The number of fused-ring (bicyclic) bond motifs is 1. The highest BCUT2D eigenvalue weighted by atomic mass is 79.9. The molecule has 0 bridgehead atoms. The molecule has 0 N–H and O–H groups in total. The molecule has 2 amide bonds. The number of hydrogen-bond donors (Lipinski definition) is 0. The fraction of sp³-hybridized carbons (Fsp3) is 0.471. The third-order valence-electron chi connectivity index (χ3n) is 4.15. The van der Waals surface area contributed by atoms with E-state index in [1.807, 2.05) is 34.7 Å². The quantitative estimate of drug-likeness (QED) is 0.731. The van der Waals surface area contributed by atoms with E-state index < -0.39 is 0 Å². The molecule has 0 spiro atoms. The molecule has 1 aliphatic heterocycles. The third-order valence-corrected chi connectivity index (χ3v) is 6.64. The zero-order valence-electron chi connectivity index (χ0n) is 14.0. The number of thioether (sulfide) groups is 1. The van der Waals surface area contributed by atoms with Crippen LogP contribution in [-0.4, -0.2) is 45.9 Å². The highest BCUT2D eigenvalue weighted by molar-refractivity contribution is 9.10. The van der Waals surface area contributed by atoms with Crippen LogP contribution >= 0.6 is 39.0 Å². The minimum Gasteiger partial charge on any atom is -0.342 e. The lowest BCUT2D eigenvalue weighted by Crippen LogP contribution is -2.36. The van der Waals surface area contributed by atoms with E-state index in [-0.39, 0.29) is 17.6 Å². The summed E-state index contributed by atoms with van der Waals surface area (Å²) in [5.74, 6) is 0.525. The lowest BCUT2D eigenvalue weighted by Gasteiger charge is -2.26. The number of hydrogen-bond acceptors (Lipinski definition) is 4. The van der Waals surface area contributed by atoms with Crippen LogP contribution in [0.1, 0.15) is 19.3 Å². The minimum absolute atomic E-state index is 0.134. The van der Waals surface area contributed by atoms with Crippen LogP contribution in [0.3, 0.4) is 0 Å². The van der Waals surface area contributed by atoms with E-state index in [0.717, 1.165) is 40.6 Å². The van der Waals surface area contributed by atoms with Crippen molar-refractivity contribution in [2.75, 3.05) is 24.6 Å². The summed E-state index contributed by atoms with van der Waals surface area (Å²) in [5, 5.41) is 0. The van der Waals surface area contributed by atoms with Gasteiger partial charge in [0.15, 0.2) is 4.80 Å². The number of rotatable bonds is 4. The molecule has 2 aromatic rings. The number of carbonyl (C=O) groups excluding carboxylic acids is 2. The Bertz CT molecular complexity index is 853. The minimum atomic E-state index is -0.197. The van der Waals surface area contributed by atoms with Gasteiger partial charge < -0.3 is 9.47 Å². The topological polar surface area (TPSA) is 54.7 Å². The Balaban J connectivity index is 1.59. The maximum absolute atomic E-state index is 12.1. The second kappa shape index (κ2) is 8.51. The Morgan fingerprint density at radius 1 is 1.24 bits per heavy atom. The van der Waals surface area contributed by atoms with Crippen molar-refractivity contribution < 1.29 is 9.59 Å².